The molecule has 0 saturated carbocycles. The first kappa shape index (κ1) is 25.3. The van der Waals surface area contributed by atoms with Crippen molar-refractivity contribution in [1.82, 2.24) is 8.61 Å². The molecule has 0 aliphatic carbocycles. The quantitative estimate of drug-likeness (QED) is 0.576. The summed E-state index contributed by atoms with van der Waals surface area (Å²) in [5.74, 6) is -0.806. The van der Waals surface area contributed by atoms with Gasteiger partial charge in [0.2, 0.25) is 20.0 Å². The molecular weight excluding hydrogens is 468 g/mol. The molecule has 2 aromatic rings. The summed E-state index contributed by atoms with van der Waals surface area (Å²) in [5.41, 5.74) is 2.17. The van der Waals surface area contributed by atoms with E-state index < -0.39 is 38.2 Å². The number of β-amino-alcohol motifs (C(OH)–C–C–N with tert-alkyl or cyclic N) is 1. The van der Waals surface area contributed by atoms with Crippen LogP contribution in [0.1, 0.15) is 23.1 Å². The highest BCUT2D eigenvalue weighted by atomic mass is 32.2. The molecule has 11 heteroatoms. The van der Waals surface area contributed by atoms with E-state index in [4.69, 9.17) is 4.74 Å². The zero-order valence-electron chi connectivity index (χ0n) is 18.9. The van der Waals surface area contributed by atoms with E-state index in [0.29, 0.717) is 5.56 Å². The highest BCUT2D eigenvalue weighted by Gasteiger charge is 2.44. The Balaban J connectivity index is 1.78. The largest absolute Gasteiger partial charge is 0.460 e. The van der Waals surface area contributed by atoms with Crippen LogP contribution in [0.4, 0.5) is 0 Å². The first-order valence-electron chi connectivity index (χ1n) is 10.3. The van der Waals surface area contributed by atoms with Gasteiger partial charge in [-0.15, -0.1) is 0 Å². The molecule has 2 atom stereocenters. The van der Waals surface area contributed by atoms with Gasteiger partial charge in [0.25, 0.3) is 0 Å². The summed E-state index contributed by atoms with van der Waals surface area (Å²) < 4.78 is 58.4. The lowest BCUT2D eigenvalue weighted by Crippen LogP contribution is -2.41. The third kappa shape index (κ3) is 5.28. The molecule has 0 aromatic heterocycles. The average molecular weight is 497 g/mol. The van der Waals surface area contributed by atoms with Crippen molar-refractivity contribution in [1.29, 1.82) is 0 Å². The van der Waals surface area contributed by atoms with Gasteiger partial charge in [-0.1, -0.05) is 18.2 Å². The van der Waals surface area contributed by atoms with Crippen molar-refractivity contribution in [3.63, 3.8) is 0 Å². The first-order chi connectivity index (χ1) is 15.3. The minimum absolute atomic E-state index is 0.0408. The maximum absolute atomic E-state index is 13.2. The molecule has 2 aromatic carbocycles. The van der Waals surface area contributed by atoms with E-state index in [-0.39, 0.29) is 29.4 Å². The zero-order chi connectivity index (χ0) is 24.6. The summed E-state index contributed by atoms with van der Waals surface area (Å²) in [6.07, 6.45) is -1.09. The van der Waals surface area contributed by atoms with Crippen LogP contribution < -0.4 is 0 Å². The molecule has 1 N–H and O–H groups in total. The highest BCUT2D eigenvalue weighted by Crippen LogP contribution is 2.28. The molecule has 33 heavy (non-hydrogen) atoms. The van der Waals surface area contributed by atoms with Crippen LogP contribution in [-0.4, -0.2) is 69.3 Å². The van der Waals surface area contributed by atoms with Gasteiger partial charge in [-0.3, -0.25) is 4.79 Å². The number of benzene rings is 2. The van der Waals surface area contributed by atoms with Gasteiger partial charge >= 0.3 is 5.97 Å². The van der Waals surface area contributed by atoms with E-state index in [1.54, 1.807) is 19.1 Å². The number of carbonyl (C=O) groups excluding carboxylic acids is 1. The van der Waals surface area contributed by atoms with E-state index in [9.17, 15) is 26.7 Å². The van der Waals surface area contributed by atoms with Crippen LogP contribution in [0.2, 0.25) is 0 Å². The molecular formula is C22H28N2O7S2. The molecule has 0 spiro atoms. The molecule has 1 saturated heterocycles. The second-order valence-electron chi connectivity index (χ2n) is 8.27. The summed E-state index contributed by atoms with van der Waals surface area (Å²) in [6, 6.07) is 9.50. The highest BCUT2D eigenvalue weighted by molar-refractivity contribution is 7.89. The molecule has 0 bridgehead atoms. The van der Waals surface area contributed by atoms with Gasteiger partial charge in [0.05, 0.1) is 15.9 Å². The normalized spacial score (nSPS) is 19.7. The number of aliphatic hydroxyl groups is 1. The molecule has 1 fully saturated rings. The Kier molecular flexibility index (Phi) is 7.30. The molecule has 1 heterocycles. The number of sulfonamides is 2. The van der Waals surface area contributed by atoms with Crippen LogP contribution in [0.3, 0.4) is 0 Å². The smallest absolute Gasteiger partial charge is 0.324 e. The Labute approximate surface area is 194 Å². The number of rotatable bonds is 7. The lowest BCUT2D eigenvalue weighted by Gasteiger charge is -2.23. The Bertz CT molecular complexity index is 1260. The number of carbonyl (C=O) groups is 1. The SMILES string of the molecule is Cc1ccc(S(=O)(=O)N2CC(O)C[C@H]2C(=O)OCc2cccc(S(=O)(=O)N(C)C)c2)cc1C. The van der Waals surface area contributed by atoms with Crippen molar-refractivity contribution < 1.29 is 31.5 Å². The van der Waals surface area contributed by atoms with Gasteiger partial charge in [0.1, 0.15) is 12.6 Å². The Morgan fingerprint density at radius 1 is 1.06 bits per heavy atom. The standard InChI is InChI=1S/C22H28N2O7S2/c1-15-8-9-20(10-16(15)2)33(29,30)24-13-18(25)12-21(24)22(26)31-14-17-6-5-7-19(11-17)32(27,28)23(3)4/h5-11,18,21,25H,12-14H2,1-4H3/t18?,21-/m0/s1. The van der Waals surface area contributed by atoms with Crippen LogP contribution >= 0.6 is 0 Å². The number of hydrogen-bond donors (Lipinski definition) is 1. The van der Waals surface area contributed by atoms with Crippen molar-refractivity contribution >= 4 is 26.0 Å². The molecule has 1 aliphatic rings. The maximum atomic E-state index is 13.2. The van der Waals surface area contributed by atoms with E-state index in [1.807, 2.05) is 6.92 Å². The molecule has 0 amide bonds. The summed E-state index contributed by atoms with van der Waals surface area (Å²) in [7, 11) is -4.86. The fourth-order valence-corrected chi connectivity index (χ4v) is 6.22. The number of ether oxygens (including phenoxy) is 1. The van der Waals surface area contributed by atoms with E-state index in [0.717, 1.165) is 19.7 Å². The van der Waals surface area contributed by atoms with Gasteiger partial charge < -0.3 is 9.84 Å². The van der Waals surface area contributed by atoms with Crippen molar-refractivity contribution in [3.05, 3.63) is 59.2 Å². The molecule has 1 unspecified atom stereocenters. The van der Waals surface area contributed by atoms with Crippen molar-refractivity contribution in [2.24, 2.45) is 0 Å². The maximum Gasteiger partial charge on any atom is 0.324 e. The third-order valence-electron chi connectivity index (χ3n) is 5.65. The van der Waals surface area contributed by atoms with Crippen LogP contribution in [0.5, 0.6) is 0 Å². The summed E-state index contributed by atoms with van der Waals surface area (Å²) in [6.45, 7) is 3.21. The molecule has 1 aliphatic heterocycles. The summed E-state index contributed by atoms with van der Waals surface area (Å²) in [4.78, 5) is 12.9. The lowest BCUT2D eigenvalue weighted by molar-refractivity contribution is -0.148. The van der Waals surface area contributed by atoms with E-state index >= 15 is 0 Å². The van der Waals surface area contributed by atoms with E-state index in [1.165, 1.54) is 44.4 Å². The predicted octanol–water partition coefficient (Wildman–Crippen LogP) is 1.42. The van der Waals surface area contributed by atoms with Gasteiger partial charge in [-0.2, -0.15) is 4.31 Å². The van der Waals surface area contributed by atoms with Gasteiger partial charge in [-0.05, 0) is 54.8 Å². The van der Waals surface area contributed by atoms with Crippen molar-refractivity contribution in [2.75, 3.05) is 20.6 Å². The monoisotopic (exact) mass is 496 g/mol. The molecule has 9 nitrogen and oxygen atoms in total. The second-order valence-corrected chi connectivity index (χ2v) is 12.3. The topological polar surface area (TPSA) is 121 Å². The minimum atomic E-state index is -4.04. The lowest BCUT2D eigenvalue weighted by atomic mass is 10.1. The van der Waals surface area contributed by atoms with Crippen molar-refractivity contribution in [2.45, 2.75) is 48.8 Å². The number of hydrogen-bond acceptors (Lipinski definition) is 7. The van der Waals surface area contributed by atoms with Gasteiger partial charge in [0.15, 0.2) is 0 Å². The third-order valence-corrected chi connectivity index (χ3v) is 9.33. The minimum Gasteiger partial charge on any atom is -0.460 e. The Morgan fingerprint density at radius 3 is 2.39 bits per heavy atom. The predicted molar refractivity (Wildman–Crippen MR) is 121 cm³/mol. The van der Waals surface area contributed by atoms with Crippen LogP contribution in [0.25, 0.3) is 0 Å². The fraction of sp³-hybridized carbons (Fsp3) is 0.409. The van der Waals surface area contributed by atoms with Crippen LogP contribution in [0.15, 0.2) is 52.3 Å². The van der Waals surface area contributed by atoms with Crippen LogP contribution in [0, 0.1) is 13.8 Å². The number of esters is 1. The molecule has 180 valence electrons. The average Bonchev–Trinajstić information content (AvgIpc) is 3.16. The Hall–Kier alpha value is -2.31. The second kappa shape index (κ2) is 9.51. The summed E-state index contributed by atoms with van der Waals surface area (Å²) >= 11 is 0. The number of aryl methyl sites for hydroxylation is 2. The van der Waals surface area contributed by atoms with E-state index in [2.05, 4.69) is 0 Å². The van der Waals surface area contributed by atoms with Crippen LogP contribution in [-0.2, 0) is 36.2 Å². The zero-order valence-corrected chi connectivity index (χ0v) is 20.6. The van der Waals surface area contributed by atoms with Gasteiger partial charge in [0, 0.05) is 27.1 Å². The Morgan fingerprint density at radius 2 is 1.76 bits per heavy atom. The summed E-state index contributed by atoms with van der Waals surface area (Å²) in [5, 5.41) is 10.1. The number of aliphatic hydroxyl groups excluding tert-OH is 1. The fourth-order valence-electron chi connectivity index (χ4n) is 3.53. The molecule has 0 radical (unpaired) electrons. The van der Waals surface area contributed by atoms with Crippen molar-refractivity contribution in [3.8, 4) is 0 Å². The van der Waals surface area contributed by atoms with Gasteiger partial charge in [-0.25, -0.2) is 21.1 Å². The number of nitrogens with zero attached hydrogens (tertiary/aromatic N) is 2. The first-order valence-corrected chi connectivity index (χ1v) is 13.2. The molecule has 3 rings (SSSR count).